The lowest BCUT2D eigenvalue weighted by Gasteiger charge is -2.49. The molecule has 21 nitrogen and oxygen atoms in total. The van der Waals surface area contributed by atoms with E-state index in [4.69, 9.17) is 42.6 Å². The van der Waals surface area contributed by atoms with E-state index >= 15 is 0 Å². The third-order valence-electron chi connectivity index (χ3n) is 7.43. The molecule has 21 heteroatoms. The second kappa shape index (κ2) is 18.9. The van der Waals surface area contributed by atoms with Gasteiger partial charge in [-0.3, -0.25) is 43.7 Å². The summed E-state index contributed by atoms with van der Waals surface area (Å²) in [5.74, 6) is -5.45. The molecule has 0 radical (unpaired) electrons. The van der Waals surface area contributed by atoms with E-state index in [9.17, 15) is 43.7 Å². The van der Waals surface area contributed by atoms with Crippen LogP contribution < -0.4 is 15.4 Å². The van der Waals surface area contributed by atoms with Crippen molar-refractivity contribution in [2.45, 2.75) is 110 Å². The minimum Gasteiger partial charge on any atom is -0.463 e. The number of nitro groups is 1. The topological polar surface area (TPSA) is 270 Å². The molecule has 0 saturated carbocycles. The Labute approximate surface area is 302 Å². The highest BCUT2D eigenvalue weighted by atomic mass is 16.7. The van der Waals surface area contributed by atoms with Crippen molar-refractivity contribution in [1.82, 2.24) is 10.6 Å². The van der Waals surface area contributed by atoms with Crippen molar-refractivity contribution in [3.8, 4) is 5.75 Å². The van der Waals surface area contributed by atoms with Crippen LogP contribution in [-0.4, -0.2) is 121 Å². The first-order chi connectivity index (χ1) is 24.9. The zero-order valence-corrected chi connectivity index (χ0v) is 29.8. The van der Waals surface area contributed by atoms with Crippen molar-refractivity contribution >= 4 is 47.3 Å². The fourth-order valence-corrected chi connectivity index (χ4v) is 5.56. The van der Waals surface area contributed by atoms with Gasteiger partial charge in [-0.25, -0.2) is 0 Å². The third kappa shape index (κ3) is 12.4. The number of carbonyl (C=O) groups is 7. The number of carbonyl (C=O) groups excluding carboxylic acids is 7. The Kier molecular flexibility index (Phi) is 15.0. The molecule has 10 unspecified atom stereocenters. The molecule has 2 N–H and O–H groups in total. The summed E-state index contributed by atoms with van der Waals surface area (Å²) >= 11 is 0. The van der Waals surface area contributed by atoms with E-state index in [1.165, 1.54) is 12.1 Å². The maximum Gasteiger partial charge on any atom is 0.303 e. The van der Waals surface area contributed by atoms with Gasteiger partial charge in [-0.2, -0.15) is 0 Å². The molecule has 0 aliphatic carbocycles. The highest BCUT2D eigenvalue weighted by Crippen LogP contribution is 2.34. The zero-order valence-electron chi connectivity index (χ0n) is 29.8. The summed E-state index contributed by atoms with van der Waals surface area (Å²) < 4.78 is 51.6. The second-order valence-electron chi connectivity index (χ2n) is 11.8. The summed E-state index contributed by atoms with van der Waals surface area (Å²) in [6.07, 6.45) is -12.2. The number of amides is 2. The van der Waals surface area contributed by atoms with Gasteiger partial charge in [0.15, 0.2) is 24.6 Å². The van der Waals surface area contributed by atoms with E-state index in [1.54, 1.807) is 0 Å². The van der Waals surface area contributed by atoms with Crippen molar-refractivity contribution in [3.05, 3.63) is 34.4 Å². The van der Waals surface area contributed by atoms with Gasteiger partial charge in [0.2, 0.25) is 18.1 Å². The van der Waals surface area contributed by atoms with Crippen molar-refractivity contribution in [1.29, 1.82) is 0 Å². The average Bonchev–Trinajstić information content (AvgIpc) is 3.03. The molecule has 2 aliphatic heterocycles. The minimum atomic E-state index is -1.72. The summed E-state index contributed by atoms with van der Waals surface area (Å²) in [6, 6.07) is 1.92. The molecule has 1 aromatic carbocycles. The maximum atomic E-state index is 12.6. The molecular formula is C32H41N3O18. The first-order valence-corrected chi connectivity index (χ1v) is 16.1. The van der Waals surface area contributed by atoms with Crippen LogP contribution in [0.4, 0.5) is 5.69 Å². The van der Waals surface area contributed by atoms with E-state index in [2.05, 4.69) is 10.6 Å². The molecule has 1 aromatic rings. The number of nitro benzene ring substituents is 1. The average molecular weight is 756 g/mol. The summed E-state index contributed by atoms with van der Waals surface area (Å²) in [7, 11) is 0. The van der Waals surface area contributed by atoms with E-state index in [-0.39, 0.29) is 11.4 Å². The summed E-state index contributed by atoms with van der Waals surface area (Å²) in [5, 5.41) is 16.3. The van der Waals surface area contributed by atoms with Crippen molar-refractivity contribution < 1.29 is 81.1 Å². The lowest BCUT2D eigenvalue weighted by molar-refractivity contribution is -0.384. The van der Waals surface area contributed by atoms with Gasteiger partial charge in [-0.15, -0.1) is 0 Å². The summed E-state index contributed by atoms with van der Waals surface area (Å²) in [6.45, 7) is 6.47. The SMILES string of the molecule is CC(=O)NC1C(OC2C(COC(C)=O)OC(Oc3ccc([N+](=O)[O-])cc3)C(NC(C)=O)C2OC(C)=O)OC(COC(C)=O)C(OC(C)=O)C1OC(C)=O. The predicted molar refractivity (Wildman–Crippen MR) is 171 cm³/mol. The molecule has 3 rings (SSSR count). The predicted octanol–water partition coefficient (Wildman–Crippen LogP) is -0.261. The summed E-state index contributed by atoms with van der Waals surface area (Å²) in [4.78, 5) is 96.5. The molecule has 2 aliphatic rings. The van der Waals surface area contributed by atoms with E-state index in [1.807, 2.05) is 0 Å². The van der Waals surface area contributed by atoms with Gasteiger partial charge in [0.1, 0.15) is 49.4 Å². The van der Waals surface area contributed by atoms with Crippen LogP contribution in [0.1, 0.15) is 48.5 Å². The van der Waals surface area contributed by atoms with E-state index in [0.717, 1.165) is 60.6 Å². The highest BCUT2D eigenvalue weighted by Gasteiger charge is 2.56. The zero-order chi connectivity index (χ0) is 39.6. The molecule has 0 bridgehead atoms. The maximum absolute atomic E-state index is 12.6. The summed E-state index contributed by atoms with van der Waals surface area (Å²) in [5.41, 5.74) is -0.254. The Bertz CT molecular complexity index is 1540. The van der Waals surface area contributed by atoms with Gasteiger partial charge >= 0.3 is 29.8 Å². The van der Waals surface area contributed by atoms with Gasteiger partial charge in [-0.05, 0) is 12.1 Å². The molecule has 2 saturated heterocycles. The molecule has 0 spiro atoms. The van der Waals surface area contributed by atoms with Crippen LogP contribution in [0, 0.1) is 10.1 Å². The molecule has 10 atom stereocenters. The quantitative estimate of drug-likeness (QED) is 0.107. The van der Waals surface area contributed by atoms with Crippen molar-refractivity contribution in [3.63, 3.8) is 0 Å². The second-order valence-corrected chi connectivity index (χ2v) is 11.8. The molecule has 0 aromatic heterocycles. The smallest absolute Gasteiger partial charge is 0.303 e. The van der Waals surface area contributed by atoms with Crippen LogP contribution in [0.2, 0.25) is 0 Å². The van der Waals surface area contributed by atoms with Crippen LogP contribution in [-0.2, 0) is 71.5 Å². The third-order valence-corrected chi connectivity index (χ3v) is 7.43. The highest BCUT2D eigenvalue weighted by molar-refractivity contribution is 5.74. The van der Waals surface area contributed by atoms with Gasteiger partial charge in [0, 0.05) is 60.6 Å². The Balaban J connectivity index is 2.16. The Morgan fingerprint density at radius 2 is 1.04 bits per heavy atom. The number of rotatable bonds is 14. The normalized spacial score (nSPS) is 27.9. The number of non-ortho nitro benzene ring substituents is 1. The first kappa shape index (κ1) is 42.0. The van der Waals surface area contributed by atoms with Gasteiger partial charge < -0.3 is 53.3 Å². The first-order valence-electron chi connectivity index (χ1n) is 16.1. The number of nitrogens with zero attached hydrogens (tertiary/aromatic N) is 1. The minimum absolute atomic E-state index is 0.0264. The van der Waals surface area contributed by atoms with Crippen molar-refractivity contribution in [2.75, 3.05) is 13.2 Å². The molecule has 2 heterocycles. The number of esters is 5. The molecule has 2 amide bonds. The van der Waals surface area contributed by atoms with E-state index in [0.29, 0.717) is 0 Å². The lowest BCUT2D eigenvalue weighted by atomic mass is 9.94. The fraction of sp³-hybridized carbons (Fsp3) is 0.594. The Morgan fingerprint density at radius 3 is 1.47 bits per heavy atom. The van der Waals surface area contributed by atoms with Gasteiger partial charge in [-0.1, -0.05) is 0 Å². The standard InChI is InChI=1S/C32H41N3O18/c1-14(36)33-25-30(49-20(7)42)28(24(13-46-17(4)39)51-31(25)50-22-10-8-21(9-11-22)35(43)44)53-32-26(34-15(2)37)29(48-19(6)41)27(47-18(5)40)23(52-32)12-45-16(3)38/h8-11,23-32H,12-13H2,1-7H3,(H,33,36)(H,34,37). The van der Waals surface area contributed by atoms with Crippen LogP contribution >= 0.6 is 0 Å². The Morgan fingerprint density at radius 1 is 0.623 bits per heavy atom. The number of ether oxygens (including phenoxy) is 9. The van der Waals surface area contributed by atoms with Gasteiger partial charge in [0.25, 0.3) is 5.69 Å². The Hall–Kier alpha value is -5.41. The number of hydrogen-bond donors (Lipinski definition) is 2. The van der Waals surface area contributed by atoms with Crippen molar-refractivity contribution in [2.24, 2.45) is 0 Å². The van der Waals surface area contributed by atoms with Crippen LogP contribution in [0.15, 0.2) is 24.3 Å². The molecule has 53 heavy (non-hydrogen) atoms. The van der Waals surface area contributed by atoms with Crippen LogP contribution in [0.3, 0.4) is 0 Å². The van der Waals surface area contributed by atoms with Crippen LogP contribution in [0.5, 0.6) is 5.75 Å². The molecular weight excluding hydrogens is 714 g/mol. The number of nitrogens with one attached hydrogen (secondary N) is 2. The monoisotopic (exact) mass is 755 g/mol. The van der Waals surface area contributed by atoms with E-state index < -0.39 is 121 Å². The van der Waals surface area contributed by atoms with Gasteiger partial charge in [0.05, 0.1) is 4.92 Å². The molecule has 2 fully saturated rings. The number of hydrogen-bond acceptors (Lipinski definition) is 18. The fourth-order valence-electron chi connectivity index (χ4n) is 5.56. The van der Waals surface area contributed by atoms with Crippen LogP contribution in [0.25, 0.3) is 0 Å². The number of benzene rings is 1. The molecule has 292 valence electrons. The lowest BCUT2D eigenvalue weighted by Crippen LogP contribution is -2.71. The largest absolute Gasteiger partial charge is 0.463 e.